The number of amides is 2. The molecule has 2 amide bonds. The number of nitrogens with one attached hydrogen (secondary N) is 1. The van der Waals surface area contributed by atoms with Gasteiger partial charge in [-0.2, -0.15) is 0 Å². The van der Waals surface area contributed by atoms with Crippen LogP contribution in [0.4, 0.5) is 14.5 Å². The molecule has 0 saturated carbocycles. The van der Waals surface area contributed by atoms with Crippen LogP contribution in [-0.4, -0.2) is 59.8 Å². The highest BCUT2D eigenvalue weighted by Crippen LogP contribution is 2.21. The minimum Gasteiger partial charge on any atom is -0.380 e. The molecule has 3 aromatic rings. The van der Waals surface area contributed by atoms with E-state index in [-0.39, 0.29) is 23.6 Å². The van der Waals surface area contributed by atoms with Gasteiger partial charge in [0.05, 0.1) is 17.7 Å². The van der Waals surface area contributed by atoms with Crippen molar-refractivity contribution in [1.29, 1.82) is 0 Å². The number of anilines is 1. The van der Waals surface area contributed by atoms with Gasteiger partial charge in [0.1, 0.15) is 11.6 Å². The predicted molar refractivity (Wildman–Crippen MR) is 133 cm³/mol. The lowest BCUT2D eigenvalue weighted by Crippen LogP contribution is -2.47. The van der Waals surface area contributed by atoms with E-state index in [4.69, 9.17) is 5.73 Å². The molecular weight excluding hydrogens is 464 g/mol. The van der Waals surface area contributed by atoms with Crippen molar-refractivity contribution in [3.63, 3.8) is 0 Å². The fraction of sp³-hybridized carbons (Fsp3) is 0.296. The first kappa shape index (κ1) is 25.2. The van der Waals surface area contributed by atoms with Gasteiger partial charge in [0.15, 0.2) is 0 Å². The first-order chi connectivity index (χ1) is 17.3. The second-order valence-electron chi connectivity index (χ2n) is 8.99. The lowest BCUT2D eigenvalue weighted by atomic mass is 10.0. The van der Waals surface area contributed by atoms with Gasteiger partial charge in [-0.1, -0.05) is 30.3 Å². The van der Waals surface area contributed by atoms with E-state index in [1.54, 1.807) is 6.07 Å². The van der Waals surface area contributed by atoms with Gasteiger partial charge in [-0.15, -0.1) is 0 Å². The number of carbonyl (C=O) groups is 2. The Morgan fingerprint density at radius 1 is 1.00 bits per heavy atom. The van der Waals surface area contributed by atoms with Crippen molar-refractivity contribution in [2.45, 2.75) is 19.4 Å². The average molecular weight is 494 g/mol. The SMILES string of the molecule is CN1CCN(C(=O)Cc2ccc(Cc3cc(NCc4c(F)cccc4F)c(C(N)=O)cn3)cc2)CC1. The zero-order chi connectivity index (χ0) is 25.7. The number of nitrogens with zero attached hydrogens (tertiary/aromatic N) is 3. The zero-order valence-corrected chi connectivity index (χ0v) is 20.1. The maximum atomic E-state index is 14.0. The minimum absolute atomic E-state index is 0.126. The van der Waals surface area contributed by atoms with Gasteiger partial charge < -0.3 is 20.9 Å². The Morgan fingerprint density at radius 2 is 1.64 bits per heavy atom. The number of carbonyl (C=O) groups excluding carboxylic acids is 2. The molecule has 1 aliphatic heterocycles. The van der Waals surface area contributed by atoms with Gasteiger partial charge in [-0.25, -0.2) is 8.78 Å². The molecule has 0 bridgehead atoms. The zero-order valence-electron chi connectivity index (χ0n) is 20.1. The Labute approximate surface area is 208 Å². The third-order valence-electron chi connectivity index (χ3n) is 6.36. The molecule has 0 atom stereocenters. The summed E-state index contributed by atoms with van der Waals surface area (Å²) in [6.45, 7) is 3.12. The third-order valence-corrected chi connectivity index (χ3v) is 6.36. The monoisotopic (exact) mass is 493 g/mol. The highest BCUT2D eigenvalue weighted by Gasteiger charge is 2.19. The molecule has 7 nitrogen and oxygen atoms in total. The van der Waals surface area contributed by atoms with Crippen LogP contribution in [0.2, 0.25) is 0 Å². The van der Waals surface area contributed by atoms with Crippen LogP contribution < -0.4 is 11.1 Å². The van der Waals surface area contributed by atoms with E-state index < -0.39 is 17.5 Å². The van der Waals surface area contributed by atoms with Crippen LogP contribution >= 0.6 is 0 Å². The normalized spacial score (nSPS) is 14.0. The van der Waals surface area contributed by atoms with E-state index in [0.717, 1.165) is 37.3 Å². The van der Waals surface area contributed by atoms with Crippen molar-refractivity contribution in [2.75, 3.05) is 38.5 Å². The molecule has 188 valence electrons. The number of benzene rings is 2. The number of rotatable bonds is 8. The van der Waals surface area contributed by atoms with Crippen molar-refractivity contribution < 1.29 is 18.4 Å². The van der Waals surface area contributed by atoms with Gasteiger partial charge in [0.2, 0.25) is 5.91 Å². The molecule has 1 aliphatic rings. The van der Waals surface area contributed by atoms with Crippen LogP contribution in [-0.2, 0) is 24.2 Å². The number of primary amides is 1. The Balaban J connectivity index is 1.42. The number of likely N-dealkylation sites (N-methyl/N-ethyl adjacent to an activating group) is 1. The van der Waals surface area contributed by atoms with E-state index >= 15 is 0 Å². The Morgan fingerprint density at radius 3 is 2.28 bits per heavy atom. The van der Waals surface area contributed by atoms with Crippen molar-refractivity contribution >= 4 is 17.5 Å². The number of aromatic nitrogens is 1. The summed E-state index contributed by atoms with van der Waals surface area (Å²) < 4.78 is 28.0. The van der Waals surface area contributed by atoms with Crippen LogP contribution in [0.5, 0.6) is 0 Å². The Kier molecular flexibility index (Phi) is 7.90. The van der Waals surface area contributed by atoms with Crippen LogP contribution in [0.1, 0.15) is 32.7 Å². The molecule has 2 aromatic carbocycles. The second-order valence-corrected chi connectivity index (χ2v) is 8.99. The van der Waals surface area contributed by atoms with Crippen LogP contribution in [0.15, 0.2) is 54.7 Å². The summed E-state index contributed by atoms with van der Waals surface area (Å²) in [5.74, 6) is -1.92. The molecule has 1 saturated heterocycles. The molecule has 0 spiro atoms. The fourth-order valence-corrected chi connectivity index (χ4v) is 4.15. The van der Waals surface area contributed by atoms with E-state index in [0.29, 0.717) is 24.2 Å². The molecule has 0 unspecified atom stereocenters. The molecular formula is C27H29F2N5O2. The number of hydrogen-bond donors (Lipinski definition) is 2. The van der Waals surface area contributed by atoms with E-state index in [9.17, 15) is 18.4 Å². The molecule has 2 heterocycles. The van der Waals surface area contributed by atoms with Gasteiger partial charge >= 0.3 is 0 Å². The lowest BCUT2D eigenvalue weighted by Gasteiger charge is -2.32. The number of hydrogen-bond acceptors (Lipinski definition) is 5. The number of nitrogens with two attached hydrogens (primary N) is 1. The molecule has 0 aliphatic carbocycles. The summed E-state index contributed by atoms with van der Waals surface area (Å²) in [6.07, 6.45) is 2.19. The Hall–Kier alpha value is -3.85. The van der Waals surface area contributed by atoms with Crippen molar-refractivity contribution in [3.05, 3.63) is 94.3 Å². The van der Waals surface area contributed by atoms with Crippen LogP contribution in [0.25, 0.3) is 0 Å². The molecule has 1 fully saturated rings. The summed E-state index contributed by atoms with van der Waals surface area (Å²) in [5.41, 5.74) is 8.37. The maximum Gasteiger partial charge on any atom is 0.252 e. The lowest BCUT2D eigenvalue weighted by molar-refractivity contribution is -0.132. The van der Waals surface area contributed by atoms with Gasteiger partial charge in [0, 0.05) is 56.6 Å². The topological polar surface area (TPSA) is 91.6 Å². The van der Waals surface area contributed by atoms with Crippen molar-refractivity contribution in [1.82, 2.24) is 14.8 Å². The van der Waals surface area contributed by atoms with E-state index in [2.05, 4.69) is 22.2 Å². The number of halogens is 2. The quantitative estimate of drug-likeness (QED) is 0.504. The van der Waals surface area contributed by atoms with Crippen molar-refractivity contribution in [3.8, 4) is 0 Å². The third kappa shape index (κ3) is 6.23. The van der Waals surface area contributed by atoms with Gasteiger partial charge in [-0.3, -0.25) is 14.6 Å². The number of piperazine rings is 1. The second kappa shape index (κ2) is 11.3. The molecule has 3 N–H and O–H groups in total. The predicted octanol–water partition coefficient (Wildman–Crippen LogP) is 2.98. The molecule has 36 heavy (non-hydrogen) atoms. The average Bonchev–Trinajstić information content (AvgIpc) is 2.85. The summed E-state index contributed by atoms with van der Waals surface area (Å²) >= 11 is 0. The summed E-state index contributed by atoms with van der Waals surface area (Å²) in [6, 6.07) is 13.0. The van der Waals surface area contributed by atoms with Gasteiger partial charge in [-0.05, 0) is 36.4 Å². The number of pyridine rings is 1. The molecule has 1 aromatic heterocycles. The summed E-state index contributed by atoms with van der Waals surface area (Å²) in [7, 11) is 2.05. The minimum atomic E-state index is -0.695. The molecule has 0 radical (unpaired) electrons. The highest BCUT2D eigenvalue weighted by molar-refractivity contribution is 5.98. The van der Waals surface area contributed by atoms with Crippen molar-refractivity contribution in [2.24, 2.45) is 5.73 Å². The van der Waals surface area contributed by atoms with E-state index in [1.807, 2.05) is 29.2 Å². The fourth-order valence-electron chi connectivity index (χ4n) is 4.15. The first-order valence-electron chi connectivity index (χ1n) is 11.8. The molecule has 9 heteroatoms. The molecule has 4 rings (SSSR count). The highest BCUT2D eigenvalue weighted by atomic mass is 19.1. The Bertz CT molecular complexity index is 1220. The first-order valence-corrected chi connectivity index (χ1v) is 11.8. The van der Waals surface area contributed by atoms with Gasteiger partial charge in [0.25, 0.3) is 5.91 Å². The van der Waals surface area contributed by atoms with Crippen LogP contribution in [0, 0.1) is 11.6 Å². The van der Waals surface area contributed by atoms with Crippen LogP contribution in [0.3, 0.4) is 0 Å². The standard InChI is InChI=1S/C27H29F2N5O2/c1-33-9-11-34(12-10-33)26(35)14-19-7-5-18(6-8-19)13-20-15-25(22(17-31-20)27(30)36)32-16-21-23(28)3-2-4-24(21)29/h2-8,15,17H,9-14,16H2,1H3,(H2,30,36)(H,31,32). The largest absolute Gasteiger partial charge is 0.380 e. The summed E-state index contributed by atoms with van der Waals surface area (Å²) in [5, 5.41) is 2.92. The summed E-state index contributed by atoms with van der Waals surface area (Å²) in [4.78, 5) is 32.9. The maximum absolute atomic E-state index is 14.0. The van der Waals surface area contributed by atoms with E-state index in [1.165, 1.54) is 24.4 Å². The smallest absolute Gasteiger partial charge is 0.252 e.